The number of carbonyl (C=O) groups is 1. The van der Waals surface area contributed by atoms with Crippen LogP contribution >= 0.6 is 0 Å². The molecule has 0 aliphatic heterocycles. The van der Waals surface area contributed by atoms with Crippen molar-refractivity contribution in [3.8, 4) is 0 Å². The molecule has 0 radical (unpaired) electrons. The molecule has 0 saturated carbocycles. The maximum absolute atomic E-state index is 13.3. The number of rotatable bonds is 6. The van der Waals surface area contributed by atoms with Gasteiger partial charge in [-0.2, -0.15) is 0 Å². The minimum absolute atomic E-state index is 0.00395. The molecule has 0 saturated heterocycles. The van der Waals surface area contributed by atoms with Crippen LogP contribution in [-0.2, 0) is 11.3 Å². The fourth-order valence-electron chi connectivity index (χ4n) is 1.24. The van der Waals surface area contributed by atoms with Crippen LogP contribution in [0.1, 0.15) is 25.1 Å². The fraction of sp³-hybridized carbons (Fsp3) is 0.500. The molecule has 1 aromatic rings. The van der Waals surface area contributed by atoms with E-state index in [4.69, 9.17) is 5.11 Å². The molecular formula is C10H13FN2O4. The Balaban J connectivity index is 2.49. The summed E-state index contributed by atoms with van der Waals surface area (Å²) in [4.78, 5) is 21.3. The average Bonchev–Trinajstić information content (AvgIpc) is 2.56. The summed E-state index contributed by atoms with van der Waals surface area (Å²) in [7, 11) is 0. The molecule has 1 heterocycles. The molecule has 0 bridgehead atoms. The molecular weight excluding hydrogens is 231 g/mol. The zero-order valence-electron chi connectivity index (χ0n) is 9.35. The lowest BCUT2D eigenvalue weighted by molar-refractivity contribution is -0.137. The number of carboxylic acids is 1. The third kappa shape index (κ3) is 4.21. The van der Waals surface area contributed by atoms with Crippen molar-refractivity contribution in [3.05, 3.63) is 28.3 Å². The molecule has 0 aliphatic rings. The largest absolute Gasteiger partial charge is 0.481 e. The second-order valence-corrected chi connectivity index (χ2v) is 3.52. The van der Waals surface area contributed by atoms with Gasteiger partial charge in [-0.3, -0.25) is 13.9 Å². The minimum atomic E-state index is -0.912. The molecule has 1 rings (SSSR count). The molecule has 7 heteroatoms. The van der Waals surface area contributed by atoms with E-state index in [-0.39, 0.29) is 13.0 Å². The number of allylic oxidation sites excluding steroid dienone is 2. The van der Waals surface area contributed by atoms with Gasteiger partial charge in [0.1, 0.15) is 5.83 Å². The first-order valence-corrected chi connectivity index (χ1v) is 5.10. The van der Waals surface area contributed by atoms with Crippen molar-refractivity contribution in [3.63, 3.8) is 0 Å². The smallest absolute Gasteiger partial charge is 0.441 e. The summed E-state index contributed by atoms with van der Waals surface area (Å²) in [5.41, 5.74) is 0. The predicted molar refractivity (Wildman–Crippen MR) is 56.2 cm³/mol. The Hall–Kier alpha value is -1.92. The first-order valence-electron chi connectivity index (χ1n) is 5.10. The van der Waals surface area contributed by atoms with Crippen molar-refractivity contribution in [1.82, 2.24) is 9.72 Å². The lowest BCUT2D eigenvalue weighted by Crippen LogP contribution is -2.16. The van der Waals surface area contributed by atoms with Gasteiger partial charge in [0.05, 0.1) is 6.54 Å². The number of carboxylic acid groups (broad SMARTS) is 1. The highest BCUT2D eigenvalue weighted by Crippen LogP contribution is 2.06. The van der Waals surface area contributed by atoms with Crippen LogP contribution in [0.5, 0.6) is 0 Å². The summed E-state index contributed by atoms with van der Waals surface area (Å²) in [6, 6.07) is 0. The number of aromatic nitrogens is 2. The van der Waals surface area contributed by atoms with Gasteiger partial charge in [0.25, 0.3) is 0 Å². The van der Waals surface area contributed by atoms with Crippen molar-refractivity contribution in [1.29, 1.82) is 0 Å². The zero-order chi connectivity index (χ0) is 12.8. The number of hydrogen-bond acceptors (Lipinski definition) is 4. The summed E-state index contributed by atoms with van der Waals surface area (Å²) in [6.07, 6.45) is 1.94. The van der Waals surface area contributed by atoms with E-state index in [9.17, 15) is 14.0 Å². The Labute approximate surface area is 96.3 Å². The van der Waals surface area contributed by atoms with E-state index in [1.807, 2.05) is 0 Å². The van der Waals surface area contributed by atoms with Gasteiger partial charge in [0, 0.05) is 6.42 Å². The van der Waals surface area contributed by atoms with Crippen LogP contribution in [0.3, 0.4) is 0 Å². The second-order valence-electron chi connectivity index (χ2n) is 3.52. The van der Waals surface area contributed by atoms with Crippen molar-refractivity contribution in [2.45, 2.75) is 32.7 Å². The minimum Gasteiger partial charge on any atom is -0.481 e. The number of aliphatic carboxylic acids is 1. The summed E-state index contributed by atoms with van der Waals surface area (Å²) >= 11 is 0. The maximum atomic E-state index is 13.3. The fourth-order valence-corrected chi connectivity index (χ4v) is 1.24. The number of halogens is 1. The lowest BCUT2D eigenvalue weighted by atomic mass is 10.2. The molecule has 1 aromatic heterocycles. The summed E-state index contributed by atoms with van der Waals surface area (Å²) in [5.74, 6) is -1.84. The van der Waals surface area contributed by atoms with Crippen LogP contribution < -0.4 is 5.76 Å². The van der Waals surface area contributed by atoms with Crippen molar-refractivity contribution in [2.75, 3.05) is 0 Å². The zero-order valence-corrected chi connectivity index (χ0v) is 9.35. The Morgan fingerprint density at radius 1 is 1.65 bits per heavy atom. The van der Waals surface area contributed by atoms with Gasteiger partial charge in [-0.05, 0) is 19.8 Å². The van der Waals surface area contributed by atoms with Crippen LogP contribution in [0.15, 0.2) is 21.2 Å². The molecule has 17 heavy (non-hydrogen) atoms. The van der Waals surface area contributed by atoms with E-state index < -0.39 is 17.6 Å². The second kappa shape index (κ2) is 5.97. The summed E-state index contributed by atoms with van der Waals surface area (Å²) < 4.78 is 18.7. The molecule has 94 valence electrons. The highest BCUT2D eigenvalue weighted by Gasteiger charge is 2.07. The van der Waals surface area contributed by atoms with Gasteiger partial charge in [0.2, 0.25) is 0 Å². The van der Waals surface area contributed by atoms with Crippen LogP contribution in [-0.4, -0.2) is 20.8 Å². The average molecular weight is 244 g/mol. The Morgan fingerprint density at radius 2 is 2.35 bits per heavy atom. The van der Waals surface area contributed by atoms with E-state index in [0.29, 0.717) is 18.7 Å². The van der Waals surface area contributed by atoms with Crippen molar-refractivity contribution >= 4 is 5.97 Å². The van der Waals surface area contributed by atoms with Gasteiger partial charge >= 0.3 is 11.7 Å². The summed E-state index contributed by atoms with van der Waals surface area (Å²) in [6.45, 7) is 1.30. The molecule has 0 spiro atoms. The quantitative estimate of drug-likeness (QED) is 0.761. The van der Waals surface area contributed by atoms with E-state index in [1.165, 1.54) is 13.0 Å². The number of nitrogens with zero attached hydrogens (tertiary/aromatic N) is 2. The Morgan fingerprint density at radius 3 is 2.88 bits per heavy atom. The van der Waals surface area contributed by atoms with Gasteiger partial charge in [-0.25, -0.2) is 9.18 Å². The monoisotopic (exact) mass is 244 g/mol. The highest BCUT2D eigenvalue weighted by atomic mass is 19.1. The maximum Gasteiger partial charge on any atom is 0.441 e. The third-order valence-corrected chi connectivity index (χ3v) is 2.14. The molecule has 1 N–H and O–H groups in total. The normalized spacial score (nSPS) is 11.8. The molecule has 0 fully saturated rings. The molecule has 0 aromatic carbocycles. The van der Waals surface area contributed by atoms with E-state index in [2.05, 4.69) is 9.68 Å². The first kappa shape index (κ1) is 13.1. The van der Waals surface area contributed by atoms with Crippen LogP contribution in [0, 0.1) is 6.92 Å². The van der Waals surface area contributed by atoms with Crippen LogP contribution in [0.4, 0.5) is 4.39 Å². The molecule has 6 nitrogen and oxygen atoms in total. The Kier molecular flexibility index (Phi) is 4.62. The van der Waals surface area contributed by atoms with Gasteiger partial charge in [-0.15, -0.1) is 0 Å². The molecule has 0 amide bonds. The van der Waals surface area contributed by atoms with Gasteiger partial charge in [0.15, 0.2) is 5.82 Å². The standard InChI is InChI=1S/C10H13FN2O4/c1-7-12-17-10(16)13(7)6-8(11)4-2-3-5-9(14)15/h4H,2-3,5-6H2,1H3,(H,14,15)/b8-4+. The van der Waals surface area contributed by atoms with E-state index >= 15 is 0 Å². The lowest BCUT2D eigenvalue weighted by Gasteiger charge is -1.99. The number of aryl methyl sites for hydroxylation is 1. The number of unbranched alkanes of at least 4 members (excludes halogenated alkanes) is 1. The van der Waals surface area contributed by atoms with Crippen LogP contribution in [0.25, 0.3) is 0 Å². The highest BCUT2D eigenvalue weighted by molar-refractivity contribution is 5.66. The molecule has 0 aliphatic carbocycles. The van der Waals surface area contributed by atoms with Crippen LogP contribution in [0.2, 0.25) is 0 Å². The Bertz CT molecular complexity index is 475. The van der Waals surface area contributed by atoms with E-state index in [0.717, 1.165) is 4.57 Å². The third-order valence-electron chi connectivity index (χ3n) is 2.14. The van der Waals surface area contributed by atoms with E-state index in [1.54, 1.807) is 0 Å². The first-order chi connectivity index (χ1) is 8.00. The van der Waals surface area contributed by atoms with Gasteiger partial charge in [-0.1, -0.05) is 11.2 Å². The predicted octanol–water partition coefficient (Wildman–Crippen LogP) is 1.25. The van der Waals surface area contributed by atoms with Crippen molar-refractivity contribution < 1.29 is 18.8 Å². The molecule has 0 unspecified atom stereocenters. The molecule has 0 atom stereocenters. The van der Waals surface area contributed by atoms with Crippen molar-refractivity contribution in [2.24, 2.45) is 0 Å². The topological polar surface area (TPSA) is 85.3 Å². The SMILES string of the molecule is Cc1noc(=O)n1C/C(F)=C\CCCC(=O)O. The number of hydrogen-bond donors (Lipinski definition) is 1. The van der Waals surface area contributed by atoms with Gasteiger partial charge < -0.3 is 5.11 Å². The summed E-state index contributed by atoms with van der Waals surface area (Å²) in [5, 5.41) is 11.8.